The van der Waals surface area contributed by atoms with Crippen LogP contribution in [0.25, 0.3) is 0 Å². The zero-order valence-electron chi connectivity index (χ0n) is 11.7. The molecule has 1 heterocycles. The van der Waals surface area contributed by atoms with Gasteiger partial charge in [-0.25, -0.2) is 12.8 Å². The van der Waals surface area contributed by atoms with Crippen molar-refractivity contribution in [1.29, 1.82) is 0 Å². The average Bonchev–Trinajstić information content (AvgIpc) is 2.78. The van der Waals surface area contributed by atoms with E-state index in [4.69, 9.17) is 5.73 Å². The zero-order valence-corrected chi connectivity index (χ0v) is 12.5. The first-order chi connectivity index (χ1) is 9.34. The number of halogens is 1. The molecule has 0 spiro atoms. The van der Waals surface area contributed by atoms with Gasteiger partial charge in [0.1, 0.15) is 10.7 Å². The lowest BCUT2D eigenvalue weighted by molar-refractivity contribution is 0.271. The number of hydrogen-bond donors (Lipinski definition) is 1. The molecule has 20 heavy (non-hydrogen) atoms. The minimum absolute atomic E-state index is 0.166. The number of nitrogens with two attached hydrogens (primary N) is 1. The van der Waals surface area contributed by atoms with Gasteiger partial charge in [0.05, 0.1) is 5.69 Å². The highest BCUT2D eigenvalue weighted by atomic mass is 32.2. The molecule has 5 nitrogen and oxygen atoms in total. The van der Waals surface area contributed by atoms with Gasteiger partial charge in [0.25, 0.3) is 0 Å². The SMILES string of the molecule is CN1CCCC1CN(C)S(=O)(=O)c1cccc(F)c1N. The molecule has 1 saturated heterocycles. The number of nitrogens with zero attached hydrogens (tertiary/aromatic N) is 2. The Morgan fingerprint density at radius 1 is 1.50 bits per heavy atom. The van der Waals surface area contributed by atoms with Gasteiger partial charge >= 0.3 is 0 Å². The second kappa shape index (κ2) is 5.67. The van der Waals surface area contributed by atoms with E-state index in [2.05, 4.69) is 4.90 Å². The summed E-state index contributed by atoms with van der Waals surface area (Å²) in [6, 6.07) is 4.04. The summed E-state index contributed by atoms with van der Waals surface area (Å²) in [6.07, 6.45) is 2.03. The van der Waals surface area contributed by atoms with E-state index in [1.165, 1.54) is 23.5 Å². The van der Waals surface area contributed by atoms with E-state index in [0.717, 1.165) is 25.5 Å². The second-order valence-corrected chi connectivity index (χ2v) is 7.23. The van der Waals surface area contributed by atoms with Gasteiger partial charge in [-0.2, -0.15) is 4.31 Å². The second-order valence-electron chi connectivity index (χ2n) is 5.21. The third-order valence-corrected chi connectivity index (χ3v) is 5.72. The summed E-state index contributed by atoms with van der Waals surface area (Å²) >= 11 is 0. The Morgan fingerprint density at radius 3 is 2.80 bits per heavy atom. The Morgan fingerprint density at radius 2 is 2.20 bits per heavy atom. The van der Waals surface area contributed by atoms with Crippen molar-refractivity contribution in [3.05, 3.63) is 24.0 Å². The number of para-hydroxylation sites is 1. The summed E-state index contributed by atoms with van der Waals surface area (Å²) in [7, 11) is -0.275. The molecule has 1 atom stereocenters. The van der Waals surface area contributed by atoms with Crippen molar-refractivity contribution in [3.8, 4) is 0 Å². The third-order valence-electron chi connectivity index (χ3n) is 3.84. The van der Waals surface area contributed by atoms with Gasteiger partial charge in [-0.05, 0) is 38.6 Å². The fourth-order valence-corrected chi connectivity index (χ4v) is 3.84. The first-order valence-electron chi connectivity index (χ1n) is 6.54. The van der Waals surface area contributed by atoms with Crippen molar-refractivity contribution in [1.82, 2.24) is 9.21 Å². The van der Waals surface area contributed by atoms with E-state index in [1.807, 2.05) is 7.05 Å². The number of rotatable bonds is 4. The van der Waals surface area contributed by atoms with E-state index in [-0.39, 0.29) is 16.6 Å². The minimum Gasteiger partial charge on any atom is -0.395 e. The molecule has 2 N–H and O–H groups in total. The van der Waals surface area contributed by atoms with Crippen molar-refractivity contribution >= 4 is 15.7 Å². The number of likely N-dealkylation sites (N-methyl/N-ethyl adjacent to an activating group) is 2. The van der Waals surface area contributed by atoms with Crippen LogP contribution in [0.15, 0.2) is 23.1 Å². The van der Waals surface area contributed by atoms with Crippen LogP contribution in [0.3, 0.4) is 0 Å². The van der Waals surface area contributed by atoms with E-state index < -0.39 is 15.8 Å². The molecule has 7 heteroatoms. The Labute approximate surface area is 119 Å². The van der Waals surface area contributed by atoms with Crippen molar-refractivity contribution in [2.45, 2.75) is 23.8 Å². The fraction of sp³-hybridized carbons (Fsp3) is 0.538. The Kier molecular flexibility index (Phi) is 4.31. The molecule has 2 rings (SSSR count). The minimum atomic E-state index is -3.76. The summed E-state index contributed by atoms with van der Waals surface area (Å²) in [5, 5.41) is 0. The smallest absolute Gasteiger partial charge is 0.245 e. The van der Waals surface area contributed by atoms with Crippen LogP contribution in [0.1, 0.15) is 12.8 Å². The van der Waals surface area contributed by atoms with Gasteiger partial charge in [-0.1, -0.05) is 6.07 Å². The highest BCUT2D eigenvalue weighted by Crippen LogP contribution is 2.25. The molecule has 1 unspecified atom stereocenters. The number of sulfonamides is 1. The molecular formula is C13H20FN3O2S. The third kappa shape index (κ3) is 2.79. The van der Waals surface area contributed by atoms with Crippen LogP contribution < -0.4 is 5.73 Å². The Hall–Kier alpha value is -1.18. The van der Waals surface area contributed by atoms with E-state index in [9.17, 15) is 12.8 Å². The van der Waals surface area contributed by atoms with Crippen LogP contribution in [0.4, 0.5) is 10.1 Å². The zero-order chi connectivity index (χ0) is 14.9. The summed E-state index contributed by atoms with van der Waals surface area (Å²) in [5.41, 5.74) is 5.23. The van der Waals surface area contributed by atoms with Gasteiger partial charge in [0, 0.05) is 19.6 Å². The lowest BCUT2D eigenvalue weighted by Crippen LogP contribution is -2.39. The number of hydrogen-bond acceptors (Lipinski definition) is 4. The molecule has 0 bridgehead atoms. The number of benzene rings is 1. The standard InChI is InChI=1S/C13H20FN3O2S/c1-16-8-4-5-10(16)9-17(2)20(18,19)12-7-3-6-11(14)13(12)15/h3,6-7,10H,4-5,8-9,15H2,1-2H3. The molecule has 1 aromatic rings. The quantitative estimate of drug-likeness (QED) is 0.846. The first kappa shape index (κ1) is 15.2. The van der Waals surface area contributed by atoms with Crippen molar-refractivity contribution in [2.24, 2.45) is 0 Å². The molecule has 0 aliphatic carbocycles. The monoisotopic (exact) mass is 301 g/mol. The fourth-order valence-electron chi connectivity index (χ4n) is 2.51. The normalized spacial score (nSPS) is 20.7. The molecule has 0 amide bonds. The molecular weight excluding hydrogens is 281 g/mol. The maximum absolute atomic E-state index is 13.4. The lowest BCUT2D eigenvalue weighted by atomic mass is 10.2. The predicted octanol–water partition coefficient (Wildman–Crippen LogP) is 1.12. The van der Waals surface area contributed by atoms with E-state index >= 15 is 0 Å². The van der Waals surface area contributed by atoms with Crippen molar-refractivity contribution in [3.63, 3.8) is 0 Å². The van der Waals surface area contributed by atoms with Crippen LogP contribution in [0, 0.1) is 5.82 Å². The highest BCUT2D eigenvalue weighted by molar-refractivity contribution is 7.89. The lowest BCUT2D eigenvalue weighted by Gasteiger charge is -2.25. The van der Waals surface area contributed by atoms with Crippen LogP contribution in [-0.4, -0.2) is 50.8 Å². The topological polar surface area (TPSA) is 66.6 Å². The summed E-state index contributed by atoms with van der Waals surface area (Å²) < 4.78 is 39.6. The molecule has 112 valence electrons. The predicted molar refractivity (Wildman–Crippen MR) is 76.3 cm³/mol. The van der Waals surface area contributed by atoms with Gasteiger partial charge in [0.2, 0.25) is 10.0 Å². The van der Waals surface area contributed by atoms with Gasteiger partial charge in [-0.3, -0.25) is 0 Å². The van der Waals surface area contributed by atoms with Crippen molar-refractivity contribution in [2.75, 3.05) is 32.9 Å². The van der Waals surface area contributed by atoms with Crippen molar-refractivity contribution < 1.29 is 12.8 Å². The van der Waals surface area contributed by atoms with Crippen LogP contribution in [0.5, 0.6) is 0 Å². The molecule has 0 radical (unpaired) electrons. The Bertz CT molecular complexity index is 591. The highest BCUT2D eigenvalue weighted by Gasteiger charge is 2.29. The summed E-state index contributed by atoms with van der Waals surface area (Å²) in [4.78, 5) is 1.97. The molecule has 0 saturated carbocycles. The van der Waals surface area contributed by atoms with Gasteiger partial charge < -0.3 is 10.6 Å². The largest absolute Gasteiger partial charge is 0.395 e. The van der Waals surface area contributed by atoms with E-state index in [0.29, 0.717) is 6.54 Å². The maximum atomic E-state index is 13.4. The molecule has 1 fully saturated rings. The molecule has 1 aliphatic heterocycles. The molecule has 1 aliphatic rings. The molecule has 0 aromatic heterocycles. The van der Waals surface area contributed by atoms with E-state index in [1.54, 1.807) is 0 Å². The average molecular weight is 301 g/mol. The van der Waals surface area contributed by atoms with Crippen LogP contribution in [-0.2, 0) is 10.0 Å². The molecule has 1 aromatic carbocycles. The summed E-state index contributed by atoms with van der Waals surface area (Å²) in [6.45, 7) is 1.36. The van der Waals surface area contributed by atoms with Crippen LogP contribution in [0.2, 0.25) is 0 Å². The number of anilines is 1. The number of nitrogen functional groups attached to an aromatic ring is 1. The van der Waals surface area contributed by atoms with Gasteiger partial charge in [0.15, 0.2) is 0 Å². The van der Waals surface area contributed by atoms with Crippen LogP contribution >= 0.6 is 0 Å². The number of likely N-dealkylation sites (tertiary alicyclic amines) is 1. The summed E-state index contributed by atoms with van der Waals surface area (Å²) in [5.74, 6) is -0.711. The van der Waals surface area contributed by atoms with Gasteiger partial charge in [-0.15, -0.1) is 0 Å². The Balaban J connectivity index is 2.23. The first-order valence-corrected chi connectivity index (χ1v) is 7.98. The maximum Gasteiger partial charge on any atom is 0.245 e.